The summed E-state index contributed by atoms with van der Waals surface area (Å²) in [5.41, 5.74) is 1.95. The van der Waals surface area contributed by atoms with E-state index in [1.54, 1.807) is 54.9 Å². The summed E-state index contributed by atoms with van der Waals surface area (Å²) in [4.78, 5) is 31.9. The van der Waals surface area contributed by atoms with Crippen molar-refractivity contribution in [3.63, 3.8) is 0 Å². The lowest BCUT2D eigenvalue weighted by atomic mass is 9.95. The number of aliphatic hydroxyl groups excluding tert-OH is 1. The molecule has 1 atom stereocenters. The lowest BCUT2D eigenvalue weighted by Crippen LogP contribution is -2.29. The van der Waals surface area contributed by atoms with Crippen molar-refractivity contribution in [1.82, 2.24) is 9.88 Å². The van der Waals surface area contributed by atoms with Gasteiger partial charge in [-0.25, -0.2) is 0 Å². The Morgan fingerprint density at radius 1 is 0.941 bits per heavy atom. The minimum Gasteiger partial charge on any atom is -0.507 e. The molecule has 3 aromatic rings. The van der Waals surface area contributed by atoms with Crippen LogP contribution in [0.3, 0.4) is 0 Å². The Bertz CT molecular complexity index is 1190. The average Bonchev–Trinajstić information content (AvgIpc) is 3.10. The van der Waals surface area contributed by atoms with Crippen molar-refractivity contribution in [3.05, 3.63) is 95.3 Å². The molecule has 1 fully saturated rings. The highest BCUT2D eigenvalue weighted by molar-refractivity contribution is 6.46. The fourth-order valence-corrected chi connectivity index (χ4v) is 4.02. The largest absolute Gasteiger partial charge is 0.507 e. The van der Waals surface area contributed by atoms with Crippen LogP contribution < -0.4 is 9.47 Å². The molecule has 0 spiro atoms. The number of hydrogen-bond donors (Lipinski definition) is 1. The maximum atomic E-state index is 13.2. The molecule has 0 saturated carbocycles. The van der Waals surface area contributed by atoms with Crippen LogP contribution in [0.15, 0.2) is 78.6 Å². The van der Waals surface area contributed by atoms with Crippen LogP contribution in [0.5, 0.6) is 11.5 Å². The van der Waals surface area contributed by atoms with Crippen molar-refractivity contribution < 1.29 is 24.2 Å². The minimum atomic E-state index is -0.762. The maximum Gasteiger partial charge on any atom is 0.295 e. The number of pyridine rings is 1. The zero-order chi connectivity index (χ0) is 24.1. The number of carbonyl (C=O) groups is 2. The molecule has 1 aliphatic rings. The molecule has 0 radical (unpaired) electrons. The smallest absolute Gasteiger partial charge is 0.295 e. The first kappa shape index (κ1) is 23.0. The summed E-state index contributed by atoms with van der Waals surface area (Å²) in [5, 5.41) is 11.2. The standard InChI is InChI=1S/C27H26N2O5/c1-3-33-21-11-7-19(8-12-21)24-23(25(30)20-9-13-22(14-10-20)34-4-2)26(31)27(32)29(24)17-18-6-5-15-28-16-18/h5-16,24,30H,3-4,17H2,1-2H3. The molecule has 7 nitrogen and oxygen atoms in total. The molecule has 1 saturated heterocycles. The Morgan fingerprint density at radius 2 is 1.56 bits per heavy atom. The van der Waals surface area contributed by atoms with E-state index in [0.29, 0.717) is 35.8 Å². The molecule has 4 rings (SSSR count). The Morgan fingerprint density at radius 3 is 2.12 bits per heavy atom. The normalized spacial score (nSPS) is 17.1. The van der Waals surface area contributed by atoms with Gasteiger partial charge in [0.2, 0.25) is 0 Å². The number of likely N-dealkylation sites (tertiary alicyclic amines) is 1. The number of aliphatic hydroxyl groups is 1. The van der Waals surface area contributed by atoms with E-state index in [1.807, 2.05) is 32.0 Å². The predicted octanol–water partition coefficient (Wildman–Crippen LogP) is 4.50. The fraction of sp³-hybridized carbons (Fsp3) is 0.222. The highest BCUT2D eigenvalue weighted by atomic mass is 16.5. The van der Waals surface area contributed by atoms with E-state index in [-0.39, 0.29) is 17.9 Å². The summed E-state index contributed by atoms with van der Waals surface area (Å²) in [6, 6.07) is 16.8. The average molecular weight is 459 g/mol. The molecule has 1 amide bonds. The van der Waals surface area contributed by atoms with Crippen molar-refractivity contribution in [2.24, 2.45) is 0 Å². The van der Waals surface area contributed by atoms with E-state index >= 15 is 0 Å². The third kappa shape index (κ3) is 4.64. The molecule has 0 aliphatic carbocycles. The molecule has 1 aromatic heterocycles. The van der Waals surface area contributed by atoms with Gasteiger partial charge in [0.25, 0.3) is 11.7 Å². The molecule has 1 N–H and O–H groups in total. The first-order valence-electron chi connectivity index (χ1n) is 11.2. The van der Waals surface area contributed by atoms with E-state index in [1.165, 1.54) is 4.90 Å². The molecule has 174 valence electrons. The van der Waals surface area contributed by atoms with Crippen LogP contribution in [0.1, 0.15) is 36.6 Å². The van der Waals surface area contributed by atoms with Gasteiger partial charge in [0.1, 0.15) is 17.3 Å². The van der Waals surface area contributed by atoms with E-state index in [0.717, 1.165) is 5.56 Å². The monoisotopic (exact) mass is 458 g/mol. The topological polar surface area (TPSA) is 89.0 Å². The van der Waals surface area contributed by atoms with Crippen molar-refractivity contribution in [3.8, 4) is 11.5 Å². The number of aromatic nitrogens is 1. The molecule has 2 heterocycles. The quantitative estimate of drug-likeness (QED) is 0.304. The molecular weight excluding hydrogens is 432 g/mol. The number of rotatable bonds is 8. The number of Topliss-reactive ketones (excluding diaryl/α,β-unsaturated/α-hetero) is 1. The number of amides is 1. The minimum absolute atomic E-state index is 0.0437. The van der Waals surface area contributed by atoms with Crippen LogP contribution in [0.25, 0.3) is 5.76 Å². The zero-order valence-electron chi connectivity index (χ0n) is 19.1. The molecule has 2 aromatic carbocycles. The van der Waals surface area contributed by atoms with Crippen molar-refractivity contribution in [2.45, 2.75) is 26.4 Å². The van der Waals surface area contributed by atoms with E-state index in [2.05, 4.69) is 4.98 Å². The molecular formula is C27H26N2O5. The highest BCUT2D eigenvalue weighted by Crippen LogP contribution is 2.40. The lowest BCUT2D eigenvalue weighted by Gasteiger charge is -2.25. The Labute approximate surface area is 198 Å². The van der Waals surface area contributed by atoms with Gasteiger partial charge in [0.15, 0.2) is 0 Å². The molecule has 34 heavy (non-hydrogen) atoms. The summed E-state index contributed by atoms with van der Waals surface area (Å²) in [6.45, 7) is 5.00. The van der Waals surface area contributed by atoms with Crippen LogP contribution >= 0.6 is 0 Å². The van der Waals surface area contributed by atoms with E-state index < -0.39 is 17.7 Å². The van der Waals surface area contributed by atoms with Crippen LogP contribution in [0, 0.1) is 0 Å². The summed E-state index contributed by atoms with van der Waals surface area (Å²) in [7, 11) is 0. The van der Waals surface area contributed by atoms with Gasteiger partial charge in [-0.15, -0.1) is 0 Å². The van der Waals surface area contributed by atoms with Gasteiger partial charge >= 0.3 is 0 Å². The predicted molar refractivity (Wildman–Crippen MR) is 127 cm³/mol. The van der Waals surface area contributed by atoms with E-state index in [9.17, 15) is 14.7 Å². The van der Waals surface area contributed by atoms with Gasteiger partial charge in [-0.2, -0.15) is 0 Å². The summed E-state index contributed by atoms with van der Waals surface area (Å²) >= 11 is 0. The van der Waals surface area contributed by atoms with Gasteiger partial charge in [-0.3, -0.25) is 14.6 Å². The van der Waals surface area contributed by atoms with Gasteiger partial charge in [0.05, 0.1) is 24.8 Å². The van der Waals surface area contributed by atoms with Crippen LogP contribution in [0.4, 0.5) is 0 Å². The summed E-state index contributed by atoms with van der Waals surface area (Å²) < 4.78 is 11.0. The van der Waals surface area contributed by atoms with Crippen LogP contribution in [-0.4, -0.2) is 39.9 Å². The first-order chi connectivity index (χ1) is 16.5. The number of carbonyl (C=O) groups excluding carboxylic acids is 2. The second-order valence-electron chi connectivity index (χ2n) is 7.75. The molecule has 1 unspecified atom stereocenters. The maximum absolute atomic E-state index is 13.2. The second kappa shape index (κ2) is 10.2. The Balaban J connectivity index is 1.79. The third-order valence-corrected chi connectivity index (χ3v) is 5.56. The number of ketones is 1. The van der Waals surface area contributed by atoms with Crippen molar-refractivity contribution >= 4 is 17.4 Å². The van der Waals surface area contributed by atoms with Crippen LogP contribution in [-0.2, 0) is 16.1 Å². The highest BCUT2D eigenvalue weighted by Gasteiger charge is 2.46. The van der Waals surface area contributed by atoms with E-state index in [4.69, 9.17) is 9.47 Å². The zero-order valence-corrected chi connectivity index (χ0v) is 19.1. The van der Waals surface area contributed by atoms with Gasteiger partial charge < -0.3 is 19.5 Å². The lowest BCUT2D eigenvalue weighted by molar-refractivity contribution is -0.140. The van der Waals surface area contributed by atoms with Gasteiger partial charge in [0, 0.05) is 24.5 Å². The fourth-order valence-electron chi connectivity index (χ4n) is 4.02. The van der Waals surface area contributed by atoms with Gasteiger partial charge in [-0.05, 0) is 67.4 Å². The SMILES string of the molecule is CCOc1ccc(C(O)=C2C(=O)C(=O)N(Cc3cccnc3)C2c2ccc(OCC)cc2)cc1. The number of hydrogen-bond acceptors (Lipinski definition) is 6. The summed E-state index contributed by atoms with van der Waals surface area (Å²) in [6.07, 6.45) is 3.30. The Kier molecular flexibility index (Phi) is 6.92. The number of ether oxygens (including phenoxy) is 2. The van der Waals surface area contributed by atoms with Crippen LogP contribution in [0.2, 0.25) is 0 Å². The number of nitrogens with zero attached hydrogens (tertiary/aromatic N) is 2. The summed E-state index contributed by atoms with van der Waals surface area (Å²) in [5.74, 6) is -0.292. The number of benzene rings is 2. The van der Waals surface area contributed by atoms with Crippen molar-refractivity contribution in [1.29, 1.82) is 0 Å². The molecule has 0 bridgehead atoms. The molecule has 7 heteroatoms. The third-order valence-electron chi connectivity index (χ3n) is 5.56. The van der Waals surface area contributed by atoms with Crippen molar-refractivity contribution in [2.75, 3.05) is 13.2 Å². The Hall–Kier alpha value is -4.13. The molecule has 1 aliphatic heterocycles. The van der Waals surface area contributed by atoms with Gasteiger partial charge in [-0.1, -0.05) is 18.2 Å². The first-order valence-corrected chi connectivity index (χ1v) is 11.2. The second-order valence-corrected chi connectivity index (χ2v) is 7.75.